The van der Waals surface area contributed by atoms with Crippen LogP contribution in [-0.4, -0.2) is 33.8 Å². The molecule has 1 aromatic carbocycles. The van der Waals surface area contributed by atoms with Gasteiger partial charge in [-0.05, 0) is 43.3 Å². The first-order valence-electron chi connectivity index (χ1n) is 9.51. The highest BCUT2D eigenvalue weighted by Gasteiger charge is 2.23. The maximum atomic E-state index is 12.6. The van der Waals surface area contributed by atoms with E-state index in [1.807, 2.05) is 25.2 Å². The lowest BCUT2D eigenvalue weighted by Crippen LogP contribution is -2.27. The summed E-state index contributed by atoms with van der Waals surface area (Å²) in [5.41, 5.74) is 1.20. The summed E-state index contributed by atoms with van der Waals surface area (Å²) in [7, 11) is 1.84. The van der Waals surface area contributed by atoms with E-state index in [9.17, 15) is 4.79 Å². The third kappa shape index (κ3) is 5.53. The Morgan fingerprint density at radius 1 is 1.26 bits per heavy atom. The molecule has 7 heteroatoms. The normalized spacial score (nSPS) is 16.0. The first-order chi connectivity index (χ1) is 12.5. The van der Waals surface area contributed by atoms with Crippen molar-refractivity contribution in [3.05, 3.63) is 41.7 Å². The van der Waals surface area contributed by atoms with Crippen molar-refractivity contribution in [1.82, 2.24) is 20.1 Å². The Morgan fingerprint density at radius 3 is 2.56 bits per heavy atom. The summed E-state index contributed by atoms with van der Waals surface area (Å²) in [5.74, 6) is 2.31. The van der Waals surface area contributed by atoms with Crippen molar-refractivity contribution in [2.75, 3.05) is 18.4 Å². The van der Waals surface area contributed by atoms with Crippen LogP contribution in [0.5, 0.6) is 0 Å². The van der Waals surface area contributed by atoms with Crippen LogP contribution < -0.4 is 10.6 Å². The first-order valence-corrected chi connectivity index (χ1v) is 9.51. The number of benzene rings is 1. The molecule has 148 valence electrons. The monoisotopic (exact) mass is 391 g/mol. The van der Waals surface area contributed by atoms with E-state index in [2.05, 4.69) is 46.7 Å². The van der Waals surface area contributed by atoms with Gasteiger partial charge in [0.1, 0.15) is 0 Å². The summed E-state index contributed by atoms with van der Waals surface area (Å²) in [5, 5.41) is 10.8. The van der Waals surface area contributed by atoms with E-state index in [4.69, 9.17) is 0 Å². The smallest absolute Gasteiger partial charge is 0.227 e. The molecule has 2 N–H and O–H groups in total. The second-order valence-electron chi connectivity index (χ2n) is 7.45. The zero-order valence-electron chi connectivity index (χ0n) is 16.3. The summed E-state index contributed by atoms with van der Waals surface area (Å²) in [6.45, 7) is 6.31. The van der Waals surface area contributed by atoms with Gasteiger partial charge in [0.15, 0.2) is 5.82 Å². The number of halogens is 1. The summed E-state index contributed by atoms with van der Waals surface area (Å²) in [6.07, 6.45) is 2.53. The molecule has 2 aromatic rings. The molecule has 1 unspecified atom stereocenters. The van der Waals surface area contributed by atoms with Gasteiger partial charge in [0, 0.05) is 19.4 Å². The lowest BCUT2D eigenvalue weighted by Gasteiger charge is -2.20. The van der Waals surface area contributed by atoms with Gasteiger partial charge in [-0.2, -0.15) is 10.1 Å². The van der Waals surface area contributed by atoms with Crippen LogP contribution in [0.3, 0.4) is 0 Å². The molecular weight excluding hydrogens is 362 g/mol. The number of rotatable bonds is 6. The lowest BCUT2D eigenvalue weighted by atomic mass is 9.85. The number of hydrogen-bond acceptors (Lipinski definition) is 4. The van der Waals surface area contributed by atoms with Crippen molar-refractivity contribution in [2.45, 2.75) is 44.9 Å². The minimum absolute atomic E-state index is 0. The Balaban J connectivity index is 0.00000261. The molecule has 1 atom stereocenters. The third-order valence-corrected chi connectivity index (χ3v) is 5.17. The highest BCUT2D eigenvalue weighted by atomic mass is 35.5. The van der Waals surface area contributed by atoms with Crippen molar-refractivity contribution in [3.63, 3.8) is 0 Å². The maximum absolute atomic E-state index is 12.6. The Labute approximate surface area is 167 Å². The minimum Gasteiger partial charge on any atom is -0.317 e. The molecule has 0 aliphatic carbocycles. The lowest BCUT2D eigenvalue weighted by molar-refractivity contribution is -0.116. The largest absolute Gasteiger partial charge is 0.317 e. The van der Waals surface area contributed by atoms with Crippen LogP contribution in [-0.2, 0) is 11.8 Å². The van der Waals surface area contributed by atoms with Crippen LogP contribution in [0.4, 0.5) is 5.95 Å². The van der Waals surface area contributed by atoms with E-state index in [0.717, 1.165) is 31.8 Å². The van der Waals surface area contributed by atoms with E-state index >= 15 is 0 Å². The molecule has 27 heavy (non-hydrogen) atoms. The molecule has 1 aliphatic rings. The van der Waals surface area contributed by atoms with Gasteiger partial charge in [0.25, 0.3) is 0 Å². The topological polar surface area (TPSA) is 71.8 Å². The molecule has 6 nitrogen and oxygen atoms in total. The van der Waals surface area contributed by atoms with Gasteiger partial charge in [-0.25, -0.2) is 4.68 Å². The van der Waals surface area contributed by atoms with Gasteiger partial charge < -0.3 is 5.32 Å². The predicted molar refractivity (Wildman–Crippen MR) is 110 cm³/mol. The van der Waals surface area contributed by atoms with E-state index in [1.54, 1.807) is 4.68 Å². The molecule has 1 aliphatic heterocycles. The van der Waals surface area contributed by atoms with Crippen molar-refractivity contribution in [2.24, 2.45) is 13.0 Å². The molecule has 0 spiro atoms. The zero-order chi connectivity index (χ0) is 18.5. The minimum atomic E-state index is -0.0140. The predicted octanol–water partition coefficient (Wildman–Crippen LogP) is 3.47. The average Bonchev–Trinajstić information content (AvgIpc) is 3.01. The van der Waals surface area contributed by atoms with E-state index in [0.29, 0.717) is 24.2 Å². The average molecular weight is 392 g/mol. The maximum Gasteiger partial charge on any atom is 0.227 e. The van der Waals surface area contributed by atoms with Crippen molar-refractivity contribution < 1.29 is 4.79 Å². The van der Waals surface area contributed by atoms with Crippen LogP contribution >= 0.6 is 12.4 Å². The quantitative estimate of drug-likeness (QED) is 0.790. The molecule has 1 fully saturated rings. The molecule has 0 radical (unpaired) electrons. The van der Waals surface area contributed by atoms with Gasteiger partial charge in [-0.3, -0.25) is 10.1 Å². The number of nitrogens with zero attached hydrogens (tertiary/aromatic N) is 3. The third-order valence-electron chi connectivity index (χ3n) is 5.17. The fourth-order valence-electron chi connectivity index (χ4n) is 3.58. The fourth-order valence-corrected chi connectivity index (χ4v) is 3.58. The second-order valence-corrected chi connectivity index (χ2v) is 7.45. The second kappa shape index (κ2) is 9.85. The summed E-state index contributed by atoms with van der Waals surface area (Å²) in [6, 6.07) is 10.2. The SMILES string of the molecule is CC(C)C(CC(=O)Nc1nc(C2CCNCC2)nn1C)c1ccccc1.Cl. The standard InChI is InChI=1S/C20H29N5O.ClH/c1-14(2)17(15-7-5-4-6-8-15)13-18(26)22-20-23-19(24-25(20)3)16-9-11-21-12-10-16;/h4-8,14,16-17,21H,9-13H2,1-3H3,(H,22,23,24,26);1H. The van der Waals surface area contributed by atoms with Crippen molar-refractivity contribution >= 4 is 24.3 Å². The van der Waals surface area contributed by atoms with Crippen molar-refractivity contribution in [1.29, 1.82) is 0 Å². The van der Waals surface area contributed by atoms with Gasteiger partial charge in [-0.15, -0.1) is 12.4 Å². The molecule has 1 aromatic heterocycles. The summed E-state index contributed by atoms with van der Waals surface area (Å²) >= 11 is 0. The Hall–Kier alpha value is -1.92. The van der Waals surface area contributed by atoms with Crippen LogP contribution in [0.15, 0.2) is 30.3 Å². The van der Waals surface area contributed by atoms with Gasteiger partial charge in [0.2, 0.25) is 11.9 Å². The zero-order valence-corrected chi connectivity index (χ0v) is 17.1. The molecule has 3 rings (SSSR count). The van der Waals surface area contributed by atoms with Crippen LogP contribution in [0.25, 0.3) is 0 Å². The highest BCUT2D eigenvalue weighted by molar-refractivity contribution is 5.89. The molecule has 1 amide bonds. The molecule has 0 bridgehead atoms. The van der Waals surface area contributed by atoms with Gasteiger partial charge in [-0.1, -0.05) is 44.2 Å². The number of aryl methyl sites for hydroxylation is 1. The highest BCUT2D eigenvalue weighted by Crippen LogP contribution is 2.28. The van der Waals surface area contributed by atoms with Crippen LogP contribution in [0, 0.1) is 5.92 Å². The van der Waals surface area contributed by atoms with E-state index in [1.165, 1.54) is 5.56 Å². The molecular formula is C20H30ClN5O. The molecule has 2 heterocycles. The fraction of sp³-hybridized carbons (Fsp3) is 0.550. The summed E-state index contributed by atoms with van der Waals surface area (Å²) in [4.78, 5) is 17.2. The summed E-state index contributed by atoms with van der Waals surface area (Å²) < 4.78 is 1.68. The Kier molecular flexibility index (Phi) is 7.80. The molecule has 1 saturated heterocycles. The van der Waals surface area contributed by atoms with E-state index in [-0.39, 0.29) is 24.2 Å². The number of anilines is 1. The first kappa shape index (κ1) is 21.4. The number of carbonyl (C=O) groups is 1. The number of amides is 1. The van der Waals surface area contributed by atoms with Crippen LogP contribution in [0.1, 0.15) is 56.3 Å². The number of piperidine rings is 1. The van der Waals surface area contributed by atoms with Gasteiger partial charge >= 0.3 is 0 Å². The number of aromatic nitrogens is 3. The molecule has 0 saturated carbocycles. The van der Waals surface area contributed by atoms with E-state index < -0.39 is 0 Å². The van der Waals surface area contributed by atoms with Crippen molar-refractivity contribution in [3.8, 4) is 0 Å². The number of nitrogens with one attached hydrogen (secondary N) is 2. The van der Waals surface area contributed by atoms with Crippen LogP contribution in [0.2, 0.25) is 0 Å². The number of hydrogen-bond donors (Lipinski definition) is 2. The Morgan fingerprint density at radius 2 is 1.93 bits per heavy atom. The van der Waals surface area contributed by atoms with Gasteiger partial charge in [0.05, 0.1) is 0 Å². The Bertz CT molecular complexity index is 725. The number of carbonyl (C=O) groups excluding carboxylic acids is 1.